The second kappa shape index (κ2) is 6.37. The van der Waals surface area contributed by atoms with Crippen LogP contribution in [0.3, 0.4) is 0 Å². The molecule has 2 fully saturated rings. The Morgan fingerprint density at radius 1 is 1.29 bits per heavy atom. The van der Waals surface area contributed by atoms with Crippen LogP contribution in [-0.4, -0.2) is 29.9 Å². The Bertz CT molecular complexity index is 472. The second-order valence-corrected chi connectivity index (χ2v) is 6.51. The molecule has 2 aliphatic rings. The van der Waals surface area contributed by atoms with Crippen LogP contribution in [0.25, 0.3) is 0 Å². The first kappa shape index (κ1) is 14.9. The number of fused-ring (bicyclic) bond motifs is 1. The molecular weight excluding hydrogens is 262 g/mol. The van der Waals surface area contributed by atoms with Crippen molar-refractivity contribution in [2.24, 2.45) is 5.92 Å². The lowest BCUT2D eigenvalue weighted by atomic mass is 9.67. The van der Waals surface area contributed by atoms with Gasteiger partial charge in [-0.3, -0.25) is 0 Å². The van der Waals surface area contributed by atoms with Gasteiger partial charge in [0.05, 0.1) is 12.2 Å². The van der Waals surface area contributed by atoms with E-state index in [1.165, 1.54) is 18.4 Å². The maximum atomic E-state index is 10.9. The lowest BCUT2D eigenvalue weighted by Gasteiger charge is -2.48. The molecule has 21 heavy (non-hydrogen) atoms. The third kappa shape index (κ3) is 3.09. The maximum Gasteiger partial charge on any atom is 0.122 e. The summed E-state index contributed by atoms with van der Waals surface area (Å²) in [6.45, 7) is 3.65. The summed E-state index contributed by atoms with van der Waals surface area (Å²) in [6.07, 6.45) is 6.39. The van der Waals surface area contributed by atoms with Gasteiger partial charge >= 0.3 is 0 Å². The summed E-state index contributed by atoms with van der Waals surface area (Å²) in [4.78, 5) is 0. The number of piperidine rings is 1. The number of benzene rings is 1. The molecule has 0 spiro atoms. The van der Waals surface area contributed by atoms with Crippen molar-refractivity contribution in [1.82, 2.24) is 5.32 Å². The standard InChI is InChI=1S/C18H27NO2/c1-2-21-17-9-4-3-7-14(17)13-16-15-8-5-6-10-18(15,20)11-12-19-16/h3-4,7,9,15-16,19-20H,2,5-6,8,10-13H2,1H3. The molecule has 1 aromatic carbocycles. The van der Waals surface area contributed by atoms with Gasteiger partial charge in [0, 0.05) is 12.0 Å². The molecule has 1 aromatic rings. The van der Waals surface area contributed by atoms with Gasteiger partial charge in [-0.2, -0.15) is 0 Å². The van der Waals surface area contributed by atoms with Gasteiger partial charge in [0.2, 0.25) is 0 Å². The zero-order chi connectivity index (χ0) is 14.7. The van der Waals surface area contributed by atoms with Crippen LogP contribution in [0.2, 0.25) is 0 Å². The second-order valence-electron chi connectivity index (χ2n) is 6.51. The molecule has 1 saturated heterocycles. The smallest absolute Gasteiger partial charge is 0.122 e. The summed E-state index contributed by atoms with van der Waals surface area (Å²) in [6, 6.07) is 8.68. The molecule has 1 saturated carbocycles. The van der Waals surface area contributed by atoms with Crippen LogP contribution >= 0.6 is 0 Å². The maximum absolute atomic E-state index is 10.9. The molecular formula is C18H27NO2. The number of aliphatic hydroxyl groups is 1. The van der Waals surface area contributed by atoms with Gasteiger partial charge in [0.1, 0.15) is 5.75 Å². The van der Waals surface area contributed by atoms with Crippen LogP contribution in [0.5, 0.6) is 5.75 Å². The highest BCUT2D eigenvalue weighted by molar-refractivity contribution is 5.34. The number of rotatable bonds is 4. The van der Waals surface area contributed by atoms with E-state index in [1.54, 1.807) is 0 Å². The normalized spacial score (nSPS) is 32.5. The highest BCUT2D eigenvalue weighted by atomic mass is 16.5. The summed E-state index contributed by atoms with van der Waals surface area (Å²) >= 11 is 0. The highest BCUT2D eigenvalue weighted by Crippen LogP contribution is 2.41. The van der Waals surface area contributed by atoms with Gasteiger partial charge in [0.25, 0.3) is 0 Å². The van der Waals surface area contributed by atoms with Crippen LogP contribution in [0.15, 0.2) is 24.3 Å². The van der Waals surface area contributed by atoms with E-state index in [9.17, 15) is 5.11 Å². The third-order valence-electron chi connectivity index (χ3n) is 5.23. The molecule has 1 heterocycles. The minimum absolute atomic E-state index is 0.366. The fourth-order valence-electron chi connectivity index (χ4n) is 4.17. The van der Waals surface area contributed by atoms with Crippen LogP contribution in [0.1, 0.15) is 44.6 Å². The summed E-state index contributed by atoms with van der Waals surface area (Å²) in [5, 5.41) is 14.6. The minimum atomic E-state index is -0.436. The van der Waals surface area contributed by atoms with Crippen LogP contribution < -0.4 is 10.1 Å². The topological polar surface area (TPSA) is 41.5 Å². The first-order valence-corrected chi connectivity index (χ1v) is 8.39. The van der Waals surface area contributed by atoms with Crippen molar-refractivity contribution in [2.45, 2.75) is 57.1 Å². The van der Waals surface area contributed by atoms with Crippen molar-refractivity contribution in [3.8, 4) is 5.75 Å². The lowest BCUT2D eigenvalue weighted by molar-refractivity contribution is -0.0851. The van der Waals surface area contributed by atoms with Crippen LogP contribution in [-0.2, 0) is 6.42 Å². The third-order valence-corrected chi connectivity index (χ3v) is 5.23. The number of hydrogen-bond acceptors (Lipinski definition) is 3. The van der Waals surface area contributed by atoms with Crippen LogP contribution in [0.4, 0.5) is 0 Å². The monoisotopic (exact) mass is 289 g/mol. The van der Waals surface area contributed by atoms with Crippen LogP contribution in [0, 0.1) is 5.92 Å². The van der Waals surface area contributed by atoms with Crippen molar-refractivity contribution in [3.05, 3.63) is 29.8 Å². The SMILES string of the molecule is CCOc1ccccc1CC1NCCC2(O)CCCCC12. The van der Waals surface area contributed by atoms with Crippen molar-refractivity contribution in [2.75, 3.05) is 13.2 Å². The molecule has 3 heteroatoms. The van der Waals surface area contributed by atoms with E-state index < -0.39 is 5.60 Å². The molecule has 3 atom stereocenters. The molecule has 0 aromatic heterocycles. The zero-order valence-corrected chi connectivity index (χ0v) is 13.0. The highest BCUT2D eigenvalue weighted by Gasteiger charge is 2.45. The predicted molar refractivity (Wildman–Crippen MR) is 84.6 cm³/mol. The Hall–Kier alpha value is -1.06. The van der Waals surface area contributed by atoms with Gasteiger partial charge in [-0.05, 0) is 50.8 Å². The Morgan fingerprint density at radius 2 is 2.14 bits per heavy atom. The molecule has 1 aliphatic carbocycles. The molecule has 2 N–H and O–H groups in total. The van der Waals surface area contributed by atoms with E-state index >= 15 is 0 Å². The molecule has 1 aliphatic heterocycles. The summed E-state index contributed by atoms with van der Waals surface area (Å²) < 4.78 is 5.75. The van der Waals surface area contributed by atoms with Gasteiger partial charge in [-0.1, -0.05) is 31.0 Å². The van der Waals surface area contributed by atoms with E-state index in [1.807, 2.05) is 13.0 Å². The fourth-order valence-corrected chi connectivity index (χ4v) is 4.17. The Labute approximate surface area is 127 Å². The summed E-state index contributed by atoms with van der Waals surface area (Å²) in [5.41, 5.74) is 0.820. The molecule has 3 nitrogen and oxygen atoms in total. The van der Waals surface area contributed by atoms with Gasteiger partial charge in [-0.25, -0.2) is 0 Å². The molecule has 116 valence electrons. The summed E-state index contributed by atoms with van der Waals surface area (Å²) in [5.74, 6) is 1.38. The molecule has 3 unspecified atom stereocenters. The van der Waals surface area contributed by atoms with Gasteiger partial charge in [0.15, 0.2) is 0 Å². The number of ether oxygens (including phenoxy) is 1. The first-order valence-electron chi connectivity index (χ1n) is 8.39. The molecule has 0 radical (unpaired) electrons. The predicted octanol–water partition coefficient (Wildman–Crippen LogP) is 2.91. The number of para-hydroxylation sites is 1. The zero-order valence-electron chi connectivity index (χ0n) is 13.0. The minimum Gasteiger partial charge on any atom is -0.494 e. The Kier molecular flexibility index (Phi) is 4.51. The Balaban J connectivity index is 1.77. The lowest BCUT2D eigenvalue weighted by Crippen LogP contribution is -2.58. The fraction of sp³-hybridized carbons (Fsp3) is 0.667. The van der Waals surface area contributed by atoms with E-state index in [-0.39, 0.29) is 0 Å². The number of hydrogen-bond donors (Lipinski definition) is 2. The van der Waals surface area contributed by atoms with Gasteiger partial charge in [-0.15, -0.1) is 0 Å². The van der Waals surface area contributed by atoms with E-state index in [4.69, 9.17) is 4.74 Å². The first-order chi connectivity index (χ1) is 10.2. The van der Waals surface area contributed by atoms with E-state index in [0.717, 1.165) is 38.0 Å². The van der Waals surface area contributed by atoms with Crippen molar-refractivity contribution in [1.29, 1.82) is 0 Å². The molecule has 0 bridgehead atoms. The average Bonchev–Trinajstić information content (AvgIpc) is 2.49. The molecule has 3 rings (SSSR count). The molecule has 0 amide bonds. The van der Waals surface area contributed by atoms with Crippen molar-refractivity contribution in [3.63, 3.8) is 0 Å². The van der Waals surface area contributed by atoms with Crippen molar-refractivity contribution >= 4 is 0 Å². The van der Waals surface area contributed by atoms with Crippen molar-refractivity contribution < 1.29 is 9.84 Å². The quantitative estimate of drug-likeness (QED) is 0.895. The largest absolute Gasteiger partial charge is 0.494 e. The average molecular weight is 289 g/mol. The van der Waals surface area contributed by atoms with E-state index in [2.05, 4.69) is 23.5 Å². The van der Waals surface area contributed by atoms with Gasteiger partial charge < -0.3 is 15.2 Å². The number of nitrogens with one attached hydrogen (secondary N) is 1. The summed E-state index contributed by atoms with van der Waals surface area (Å²) in [7, 11) is 0. The Morgan fingerprint density at radius 3 is 3.00 bits per heavy atom. The van der Waals surface area contributed by atoms with E-state index in [0.29, 0.717) is 18.6 Å².